The van der Waals surface area contributed by atoms with Crippen molar-refractivity contribution in [1.82, 2.24) is 5.43 Å². The Hall–Kier alpha value is -2.64. The van der Waals surface area contributed by atoms with Crippen molar-refractivity contribution in [3.05, 3.63) is 67.7 Å². The van der Waals surface area contributed by atoms with E-state index in [1.807, 2.05) is 0 Å². The summed E-state index contributed by atoms with van der Waals surface area (Å²) in [5, 5.41) is 15.6. The SMILES string of the molecule is Cc1ccc(/C=N\NC(=O)CCCOc2ccc(Cl)cc2Cl)cc1[N+](=O)[O-]. The molecule has 0 fully saturated rings. The lowest BCUT2D eigenvalue weighted by Gasteiger charge is -2.07. The van der Waals surface area contributed by atoms with Crippen LogP contribution in [0.3, 0.4) is 0 Å². The van der Waals surface area contributed by atoms with Gasteiger partial charge in [-0.05, 0) is 31.5 Å². The minimum atomic E-state index is -0.460. The third-order valence-electron chi connectivity index (χ3n) is 3.53. The molecule has 0 aliphatic heterocycles. The van der Waals surface area contributed by atoms with Crippen molar-refractivity contribution in [2.45, 2.75) is 19.8 Å². The molecule has 0 aromatic heterocycles. The zero-order valence-electron chi connectivity index (χ0n) is 14.4. The Balaban J connectivity index is 1.75. The van der Waals surface area contributed by atoms with Crippen molar-refractivity contribution >= 4 is 41.0 Å². The van der Waals surface area contributed by atoms with E-state index in [4.69, 9.17) is 27.9 Å². The lowest BCUT2D eigenvalue weighted by Crippen LogP contribution is -2.18. The van der Waals surface area contributed by atoms with Crippen LogP contribution in [-0.4, -0.2) is 23.7 Å². The molecule has 0 spiro atoms. The van der Waals surface area contributed by atoms with Crippen LogP contribution < -0.4 is 10.2 Å². The maximum atomic E-state index is 11.8. The molecule has 0 saturated heterocycles. The minimum Gasteiger partial charge on any atom is -0.492 e. The van der Waals surface area contributed by atoms with E-state index in [0.29, 0.717) is 39.9 Å². The lowest BCUT2D eigenvalue weighted by molar-refractivity contribution is -0.385. The summed E-state index contributed by atoms with van der Waals surface area (Å²) in [4.78, 5) is 22.2. The smallest absolute Gasteiger partial charge is 0.272 e. The van der Waals surface area contributed by atoms with Crippen molar-refractivity contribution < 1.29 is 14.5 Å². The summed E-state index contributed by atoms with van der Waals surface area (Å²) in [6.45, 7) is 1.96. The molecule has 142 valence electrons. The number of nitrogens with one attached hydrogen (secondary N) is 1. The molecule has 9 heteroatoms. The second kappa shape index (κ2) is 9.89. The summed E-state index contributed by atoms with van der Waals surface area (Å²) in [6, 6.07) is 9.61. The predicted molar refractivity (Wildman–Crippen MR) is 105 cm³/mol. The molecule has 0 aliphatic rings. The first-order valence-electron chi connectivity index (χ1n) is 8.01. The Morgan fingerprint density at radius 2 is 2.07 bits per heavy atom. The maximum absolute atomic E-state index is 11.8. The molecular weight excluding hydrogens is 393 g/mol. The largest absolute Gasteiger partial charge is 0.492 e. The average molecular weight is 410 g/mol. The zero-order chi connectivity index (χ0) is 19.8. The number of ether oxygens (including phenoxy) is 1. The summed E-state index contributed by atoms with van der Waals surface area (Å²) in [5.74, 6) is 0.208. The number of rotatable bonds is 8. The van der Waals surface area contributed by atoms with Gasteiger partial charge >= 0.3 is 0 Å². The third-order valence-corrected chi connectivity index (χ3v) is 4.06. The summed E-state index contributed by atoms with van der Waals surface area (Å²) in [5.41, 5.74) is 3.46. The minimum absolute atomic E-state index is 0.00304. The van der Waals surface area contributed by atoms with E-state index in [-0.39, 0.29) is 18.0 Å². The van der Waals surface area contributed by atoms with Gasteiger partial charge in [0, 0.05) is 28.6 Å². The van der Waals surface area contributed by atoms with E-state index in [0.717, 1.165) is 0 Å². The Labute approximate surface area is 166 Å². The second-order valence-corrected chi connectivity index (χ2v) is 6.47. The number of amides is 1. The first kappa shape index (κ1) is 20.7. The number of aryl methyl sites for hydroxylation is 1. The van der Waals surface area contributed by atoms with Gasteiger partial charge < -0.3 is 4.74 Å². The standard InChI is InChI=1S/C18H17Cl2N3O4/c1-12-4-5-13(9-16(12)23(25)26)11-21-22-18(24)3-2-8-27-17-7-6-14(19)10-15(17)20/h4-7,9-11H,2-3,8H2,1H3,(H,22,24)/b21-11-. The molecule has 0 heterocycles. The molecule has 0 unspecified atom stereocenters. The van der Waals surface area contributed by atoms with Crippen LogP contribution in [0.15, 0.2) is 41.5 Å². The highest BCUT2D eigenvalue weighted by Gasteiger charge is 2.10. The highest BCUT2D eigenvalue weighted by molar-refractivity contribution is 6.35. The van der Waals surface area contributed by atoms with Gasteiger partial charge in [-0.1, -0.05) is 35.3 Å². The van der Waals surface area contributed by atoms with Gasteiger partial charge in [0.25, 0.3) is 5.69 Å². The van der Waals surface area contributed by atoms with Crippen LogP contribution in [0.5, 0.6) is 5.75 Å². The fraction of sp³-hybridized carbons (Fsp3) is 0.222. The monoisotopic (exact) mass is 409 g/mol. The van der Waals surface area contributed by atoms with Gasteiger partial charge in [-0.25, -0.2) is 5.43 Å². The van der Waals surface area contributed by atoms with Crippen LogP contribution in [0.4, 0.5) is 5.69 Å². The van der Waals surface area contributed by atoms with E-state index < -0.39 is 4.92 Å². The summed E-state index contributed by atoms with van der Waals surface area (Å²) in [6.07, 6.45) is 2.03. The van der Waals surface area contributed by atoms with E-state index in [9.17, 15) is 14.9 Å². The average Bonchev–Trinajstić information content (AvgIpc) is 2.61. The highest BCUT2D eigenvalue weighted by atomic mass is 35.5. The molecule has 0 radical (unpaired) electrons. The van der Waals surface area contributed by atoms with Crippen LogP contribution in [-0.2, 0) is 4.79 Å². The fourth-order valence-electron chi connectivity index (χ4n) is 2.15. The van der Waals surface area contributed by atoms with Gasteiger partial charge in [-0.2, -0.15) is 5.10 Å². The van der Waals surface area contributed by atoms with Gasteiger partial charge in [-0.15, -0.1) is 0 Å². The molecule has 27 heavy (non-hydrogen) atoms. The van der Waals surface area contributed by atoms with Crippen molar-refractivity contribution in [1.29, 1.82) is 0 Å². The Bertz CT molecular complexity index is 872. The highest BCUT2D eigenvalue weighted by Crippen LogP contribution is 2.27. The summed E-state index contributed by atoms with van der Waals surface area (Å²) in [7, 11) is 0. The van der Waals surface area contributed by atoms with Gasteiger partial charge in [0.15, 0.2) is 0 Å². The molecule has 7 nitrogen and oxygen atoms in total. The quantitative estimate of drug-likeness (QED) is 0.300. The molecule has 1 amide bonds. The number of hydrogen-bond donors (Lipinski definition) is 1. The van der Waals surface area contributed by atoms with Crippen molar-refractivity contribution in [3.63, 3.8) is 0 Å². The Morgan fingerprint density at radius 3 is 2.78 bits per heavy atom. The number of hydrogen-bond acceptors (Lipinski definition) is 5. The molecule has 0 bridgehead atoms. The van der Waals surface area contributed by atoms with Gasteiger partial charge in [0.2, 0.25) is 5.91 Å². The predicted octanol–water partition coefficient (Wildman–Crippen LogP) is 4.52. The van der Waals surface area contributed by atoms with E-state index in [1.54, 1.807) is 37.3 Å². The van der Waals surface area contributed by atoms with Gasteiger partial charge in [0.1, 0.15) is 5.75 Å². The van der Waals surface area contributed by atoms with Gasteiger partial charge in [-0.3, -0.25) is 14.9 Å². The first-order valence-corrected chi connectivity index (χ1v) is 8.77. The fourth-order valence-corrected chi connectivity index (χ4v) is 2.61. The number of carbonyl (C=O) groups excluding carboxylic acids is 1. The molecule has 0 aliphatic carbocycles. The molecular formula is C18H17Cl2N3O4. The maximum Gasteiger partial charge on any atom is 0.272 e. The van der Waals surface area contributed by atoms with E-state index >= 15 is 0 Å². The molecule has 2 aromatic carbocycles. The van der Waals surface area contributed by atoms with Crippen molar-refractivity contribution in [2.75, 3.05) is 6.61 Å². The lowest BCUT2D eigenvalue weighted by atomic mass is 10.1. The van der Waals surface area contributed by atoms with Crippen LogP contribution in [0.2, 0.25) is 10.0 Å². The number of hydrazone groups is 1. The van der Waals surface area contributed by atoms with E-state index in [2.05, 4.69) is 10.5 Å². The number of benzene rings is 2. The number of halogens is 2. The van der Waals surface area contributed by atoms with Crippen molar-refractivity contribution in [2.24, 2.45) is 5.10 Å². The molecule has 2 rings (SSSR count). The normalized spacial score (nSPS) is 10.8. The second-order valence-electron chi connectivity index (χ2n) is 5.62. The van der Waals surface area contributed by atoms with Crippen LogP contribution in [0.25, 0.3) is 0 Å². The number of nitro benzene ring substituents is 1. The van der Waals surface area contributed by atoms with E-state index in [1.165, 1.54) is 12.3 Å². The topological polar surface area (TPSA) is 93.8 Å². The molecule has 0 saturated carbocycles. The number of nitrogens with zero attached hydrogens (tertiary/aromatic N) is 2. The van der Waals surface area contributed by atoms with Crippen LogP contribution in [0, 0.1) is 17.0 Å². The first-order chi connectivity index (χ1) is 12.9. The number of nitro groups is 1. The molecule has 0 atom stereocenters. The Morgan fingerprint density at radius 1 is 1.30 bits per heavy atom. The number of carbonyl (C=O) groups is 1. The Kier molecular flexibility index (Phi) is 7.57. The van der Waals surface area contributed by atoms with Crippen LogP contribution in [0.1, 0.15) is 24.0 Å². The summed E-state index contributed by atoms with van der Waals surface area (Å²) < 4.78 is 5.49. The third kappa shape index (κ3) is 6.54. The van der Waals surface area contributed by atoms with Gasteiger partial charge in [0.05, 0.1) is 22.8 Å². The van der Waals surface area contributed by atoms with Crippen molar-refractivity contribution in [3.8, 4) is 5.75 Å². The summed E-state index contributed by atoms with van der Waals surface area (Å²) >= 11 is 11.8. The van der Waals surface area contributed by atoms with Crippen LogP contribution >= 0.6 is 23.2 Å². The molecule has 1 N–H and O–H groups in total. The molecule has 2 aromatic rings. The zero-order valence-corrected chi connectivity index (χ0v) is 16.0.